The van der Waals surface area contributed by atoms with E-state index in [2.05, 4.69) is 14.2 Å². The Labute approximate surface area is 89.6 Å². The van der Waals surface area contributed by atoms with Crippen LogP contribution >= 0.6 is 0 Å². The molecule has 1 saturated carbocycles. The maximum atomic E-state index is 11.4. The molecule has 2 N–H and O–H groups in total. The smallest absolute Gasteiger partial charge is 0.323 e. The zero-order valence-electron chi connectivity index (χ0n) is 8.82. The average molecular weight is 236 g/mol. The van der Waals surface area contributed by atoms with Crippen molar-refractivity contribution >= 4 is 16.2 Å². The van der Waals surface area contributed by atoms with E-state index in [9.17, 15) is 13.2 Å². The number of carbonyl (C=O) groups excluding carboxylic acids is 1. The third-order valence-corrected chi connectivity index (χ3v) is 3.18. The zero-order valence-corrected chi connectivity index (χ0v) is 9.63. The molecule has 1 fully saturated rings. The van der Waals surface area contributed by atoms with Gasteiger partial charge >= 0.3 is 5.97 Å². The zero-order chi connectivity index (χ0) is 11.5. The first-order chi connectivity index (χ1) is 6.94. The number of hydrogen-bond acceptors (Lipinski definition) is 4. The highest BCUT2D eigenvalue weighted by Gasteiger charge is 2.29. The van der Waals surface area contributed by atoms with Crippen molar-refractivity contribution in [3.63, 3.8) is 0 Å². The van der Waals surface area contributed by atoms with Crippen LogP contribution in [0.5, 0.6) is 0 Å². The van der Waals surface area contributed by atoms with Crippen molar-refractivity contribution in [2.45, 2.75) is 38.8 Å². The maximum absolute atomic E-state index is 11.4. The molecule has 1 rings (SSSR count). The summed E-state index contributed by atoms with van der Waals surface area (Å²) in [6.07, 6.45) is 1.71. The average Bonchev–Trinajstić information content (AvgIpc) is 2.86. The molecule has 6 nitrogen and oxygen atoms in total. The molecule has 0 spiro atoms. The molecule has 7 heteroatoms. The first-order valence-corrected chi connectivity index (χ1v) is 6.39. The van der Waals surface area contributed by atoms with E-state index in [0.717, 1.165) is 12.8 Å². The molecule has 0 amide bonds. The van der Waals surface area contributed by atoms with Gasteiger partial charge in [0.25, 0.3) is 10.2 Å². The van der Waals surface area contributed by atoms with Crippen molar-refractivity contribution in [1.82, 2.24) is 9.44 Å². The highest BCUT2D eigenvalue weighted by molar-refractivity contribution is 7.87. The fourth-order valence-corrected chi connectivity index (χ4v) is 2.31. The van der Waals surface area contributed by atoms with E-state index in [1.807, 2.05) is 0 Å². The van der Waals surface area contributed by atoms with Crippen molar-refractivity contribution in [2.75, 3.05) is 6.61 Å². The molecule has 0 aromatic rings. The van der Waals surface area contributed by atoms with E-state index in [1.165, 1.54) is 6.92 Å². The van der Waals surface area contributed by atoms with Crippen LogP contribution in [0.3, 0.4) is 0 Å². The largest absolute Gasteiger partial charge is 0.465 e. The third kappa shape index (κ3) is 4.59. The number of ether oxygens (including phenoxy) is 1. The molecule has 1 atom stereocenters. The van der Waals surface area contributed by atoms with Crippen LogP contribution in [0, 0.1) is 0 Å². The van der Waals surface area contributed by atoms with E-state index in [-0.39, 0.29) is 12.6 Å². The minimum Gasteiger partial charge on any atom is -0.465 e. The highest BCUT2D eigenvalue weighted by Crippen LogP contribution is 2.19. The van der Waals surface area contributed by atoms with Gasteiger partial charge in [0.1, 0.15) is 6.04 Å². The van der Waals surface area contributed by atoms with Gasteiger partial charge in [-0.25, -0.2) is 0 Å². The van der Waals surface area contributed by atoms with Crippen molar-refractivity contribution in [1.29, 1.82) is 0 Å². The standard InChI is InChI=1S/C8H16N2O4S/c1-3-14-8(11)6(2)9-15(12,13)10-7-4-5-7/h6-7,9-10H,3-5H2,1-2H3. The quantitative estimate of drug-likeness (QED) is 0.610. The lowest BCUT2D eigenvalue weighted by atomic mass is 10.4. The van der Waals surface area contributed by atoms with Gasteiger partial charge in [0, 0.05) is 6.04 Å². The van der Waals surface area contributed by atoms with Crippen LogP contribution in [-0.2, 0) is 19.7 Å². The molecule has 0 aliphatic heterocycles. The van der Waals surface area contributed by atoms with Crippen LogP contribution in [0.15, 0.2) is 0 Å². The number of hydrogen-bond donors (Lipinski definition) is 2. The van der Waals surface area contributed by atoms with E-state index >= 15 is 0 Å². The second-order valence-corrected chi connectivity index (χ2v) is 4.97. The lowest BCUT2D eigenvalue weighted by Gasteiger charge is -2.13. The molecule has 0 radical (unpaired) electrons. The molecule has 1 unspecified atom stereocenters. The fraction of sp³-hybridized carbons (Fsp3) is 0.875. The van der Waals surface area contributed by atoms with Crippen LogP contribution in [-0.4, -0.2) is 33.1 Å². The Morgan fingerprint density at radius 3 is 2.60 bits per heavy atom. The predicted octanol–water partition coefficient (Wildman–Crippen LogP) is -0.476. The summed E-state index contributed by atoms with van der Waals surface area (Å²) < 4.78 is 32.0. The molecule has 0 aromatic carbocycles. The van der Waals surface area contributed by atoms with Gasteiger partial charge in [-0.15, -0.1) is 0 Å². The summed E-state index contributed by atoms with van der Waals surface area (Å²) in [6.45, 7) is 3.35. The molecular formula is C8H16N2O4S. The number of esters is 1. The molecule has 0 bridgehead atoms. The van der Waals surface area contributed by atoms with Crippen LogP contribution in [0.4, 0.5) is 0 Å². The molecule has 15 heavy (non-hydrogen) atoms. The Morgan fingerprint density at radius 1 is 1.53 bits per heavy atom. The monoisotopic (exact) mass is 236 g/mol. The van der Waals surface area contributed by atoms with Crippen molar-refractivity contribution in [3.05, 3.63) is 0 Å². The number of nitrogens with one attached hydrogen (secondary N) is 2. The minimum atomic E-state index is -3.58. The Balaban J connectivity index is 2.41. The van der Waals surface area contributed by atoms with Gasteiger partial charge in [0.05, 0.1) is 6.61 Å². The fourth-order valence-electron chi connectivity index (χ4n) is 1.00. The van der Waals surface area contributed by atoms with Crippen molar-refractivity contribution in [2.24, 2.45) is 0 Å². The van der Waals surface area contributed by atoms with Gasteiger partial charge in [0.15, 0.2) is 0 Å². The predicted molar refractivity (Wildman–Crippen MR) is 54.3 cm³/mol. The summed E-state index contributed by atoms with van der Waals surface area (Å²) in [7, 11) is -3.58. The van der Waals surface area contributed by atoms with E-state index < -0.39 is 22.2 Å². The van der Waals surface area contributed by atoms with Gasteiger partial charge in [0.2, 0.25) is 0 Å². The highest BCUT2D eigenvalue weighted by atomic mass is 32.2. The second-order valence-electron chi connectivity index (χ2n) is 3.49. The van der Waals surface area contributed by atoms with Crippen LogP contribution in [0.25, 0.3) is 0 Å². The van der Waals surface area contributed by atoms with Gasteiger partial charge < -0.3 is 4.74 Å². The van der Waals surface area contributed by atoms with E-state index in [4.69, 9.17) is 0 Å². The normalized spacial score (nSPS) is 18.5. The van der Waals surface area contributed by atoms with E-state index in [1.54, 1.807) is 6.92 Å². The molecule has 0 saturated heterocycles. The van der Waals surface area contributed by atoms with Crippen molar-refractivity contribution < 1.29 is 17.9 Å². The lowest BCUT2D eigenvalue weighted by molar-refractivity contribution is -0.144. The first kappa shape index (κ1) is 12.4. The van der Waals surface area contributed by atoms with Crippen LogP contribution in [0.1, 0.15) is 26.7 Å². The Morgan fingerprint density at radius 2 is 2.13 bits per heavy atom. The SMILES string of the molecule is CCOC(=O)C(C)NS(=O)(=O)NC1CC1. The summed E-state index contributed by atoms with van der Waals surface area (Å²) in [6, 6.07) is -0.835. The molecule has 88 valence electrons. The number of rotatable bonds is 6. The third-order valence-electron chi connectivity index (χ3n) is 1.87. The Hall–Kier alpha value is -0.660. The Kier molecular flexibility index (Phi) is 4.06. The second kappa shape index (κ2) is 4.91. The van der Waals surface area contributed by atoms with Crippen molar-refractivity contribution in [3.8, 4) is 0 Å². The number of carbonyl (C=O) groups is 1. The van der Waals surface area contributed by atoms with Crippen LogP contribution < -0.4 is 9.44 Å². The van der Waals surface area contributed by atoms with E-state index in [0.29, 0.717) is 0 Å². The molecule has 0 aromatic heterocycles. The van der Waals surface area contributed by atoms with Crippen LogP contribution in [0.2, 0.25) is 0 Å². The molecule has 1 aliphatic carbocycles. The summed E-state index contributed by atoms with van der Waals surface area (Å²) in [4.78, 5) is 11.1. The summed E-state index contributed by atoms with van der Waals surface area (Å²) in [5.74, 6) is -0.571. The first-order valence-electron chi connectivity index (χ1n) is 4.91. The van der Waals surface area contributed by atoms with Gasteiger partial charge in [-0.05, 0) is 26.7 Å². The Bertz CT molecular complexity index is 324. The minimum absolute atomic E-state index is 0.0249. The summed E-state index contributed by atoms with van der Waals surface area (Å²) >= 11 is 0. The maximum Gasteiger partial charge on any atom is 0.323 e. The van der Waals surface area contributed by atoms with Gasteiger partial charge in [-0.2, -0.15) is 17.9 Å². The summed E-state index contributed by atoms with van der Waals surface area (Å²) in [5.41, 5.74) is 0. The lowest BCUT2D eigenvalue weighted by Crippen LogP contribution is -2.46. The molecular weight excluding hydrogens is 220 g/mol. The molecule has 0 heterocycles. The van der Waals surface area contributed by atoms with Gasteiger partial charge in [-0.1, -0.05) is 0 Å². The topological polar surface area (TPSA) is 84.5 Å². The summed E-state index contributed by atoms with van der Waals surface area (Å²) in [5, 5.41) is 0. The molecule has 1 aliphatic rings. The van der Waals surface area contributed by atoms with Gasteiger partial charge in [-0.3, -0.25) is 4.79 Å².